The van der Waals surface area contributed by atoms with E-state index < -0.39 is 0 Å². The number of amides is 1. The van der Waals surface area contributed by atoms with Gasteiger partial charge in [-0.25, -0.2) is 0 Å². The molecule has 2 fully saturated rings. The molecule has 2 saturated heterocycles. The van der Waals surface area contributed by atoms with E-state index >= 15 is 0 Å². The molecule has 1 aromatic heterocycles. The quantitative estimate of drug-likeness (QED) is 0.855. The number of carbonyl (C=O) groups excluding carboxylic acids is 1. The van der Waals surface area contributed by atoms with E-state index in [1.165, 1.54) is 5.56 Å². The first kappa shape index (κ1) is 16.1. The Morgan fingerprint density at radius 2 is 1.96 bits per heavy atom. The van der Waals surface area contributed by atoms with Crippen LogP contribution < -0.4 is 9.64 Å². The molecule has 2 aromatic rings. The van der Waals surface area contributed by atoms with Gasteiger partial charge in [0.2, 0.25) is 5.91 Å². The van der Waals surface area contributed by atoms with Gasteiger partial charge in [-0.15, -0.1) is 0 Å². The maximum absolute atomic E-state index is 13.1. The van der Waals surface area contributed by atoms with Crippen LogP contribution in [0.25, 0.3) is 0 Å². The second kappa shape index (κ2) is 6.19. The molecule has 0 aliphatic carbocycles. The number of nitrogens with zero attached hydrogens (tertiary/aromatic N) is 4. The molecule has 6 heteroatoms. The van der Waals surface area contributed by atoms with Crippen molar-refractivity contribution in [2.24, 2.45) is 12.5 Å². The molecule has 2 aliphatic heterocycles. The molecule has 0 bridgehead atoms. The van der Waals surface area contributed by atoms with Gasteiger partial charge in [-0.1, -0.05) is 12.1 Å². The molecule has 0 unspecified atom stereocenters. The highest BCUT2D eigenvalue weighted by atomic mass is 16.5. The van der Waals surface area contributed by atoms with Gasteiger partial charge in [0.1, 0.15) is 5.75 Å². The third-order valence-electron chi connectivity index (χ3n) is 5.51. The number of anilines is 1. The third kappa shape index (κ3) is 2.91. The van der Waals surface area contributed by atoms with Gasteiger partial charge < -0.3 is 9.64 Å². The Balaban J connectivity index is 1.43. The summed E-state index contributed by atoms with van der Waals surface area (Å²) in [5, 5.41) is 4.20. The fourth-order valence-electron chi connectivity index (χ4n) is 4.08. The standard InChI is InChI=1S/C19H24N4O2/c1-21-13-16(11-20-21)23-10-8-19(18(23)24)7-9-22(14-19)12-15-3-5-17(25-2)6-4-15/h3-6,11,13H,7-10,12,14H2,1-2H3/t19-/m1/s1. The molecule has 1 atom stereocenters. The number of aryl methyl sites for hydroxylation is 1. The number of carbonyl (C=O) groups is 1. The zero-order valence-corrected chi connectivity index (χ0v) is 14.8. The lowest BCUT2D eigenvalue weighted by Crippen LogP contribution is -2.36. The zero-order valence-electron chi connectivity index (χ0n) is 14.8. The smallest absolute Gasteiger partial charge is 0.234 e. The number of hydrogen-bond donors (Lipinski definition) is 0. The molecule has 1 spiro atoms. The Morgan fingerprint density at radius 3 is 2.64 bits per heavy atom. The molecule has 2 aliphatic rings. The monoisotopic (exact) mass is 340 g/mol. The number of rotatable bonds is 4. The lowest BCUT2D eigenvalue weighted by molar-refractivity contribution is -0.125. The summed E-state index contributed by atoms with van der Waals surface area (Å²) < 4.78 is 6.96. The molecule has 0 radical (unpaired) electrons. The Morgan fingerprint density at radius 1 is 1.20 bits per heavy atom. The minimum atomic E-state index is -0.220. The van der Waals surface area contributed by atoms with Gasteiger partial charge in [0.15, 0.2) is 0 Å². The SMILES string of the molecule is COc1ccc(CN2CC[C@@]3(CCN(c4cnn(C)c4)C3=O)C2)cc1. The summed E-state index contributed by atoms with van der Waals surface area (Å²) in [6.45, 7) is 3.49. The summed E-state index contributed by atoms with van der Waals surface area (Å²) in [5.74, 6) is 1.14. The first-order valence-corrected chi connectivity index (χ1v) is 8.76. The van der Waals surface area contributed by atoms with Gasteiger partial charge in [0, 0.05) is 32.9 Å². The van der Waals surface area contributed by atoms with Crippen LogP contribution in [-0.4, -0.2) is 47.3 Å². The second-order valence-corrected chi connectivity index (χ2v) is 7.17. The fourth-order valence-corrected chi connectivity index (χ4v) is 4.08. The highest BCUT2D eigenvalue weighted by Gasteiger charge is 2.51. The fraction of sp³-hybridized carbons (Fsp3) is 0.474. The average Bonchev–Trinajstić information content (AvgIpc) is 3.30. The first-order chi connectivity index (χ1) is 12.1. The molecule has 25 heavy (non-hydrogen) atoms. The number of likely N-dealkylation sites (tertiary alicyclic amines) is 1. The van der Waals surface area contributed by atoms with Crippen LogP contribution in [-0.2, 0) is 18.4 Å². The lowest BCUT2D eigenvalue weighted by Gasteiger charge is -2.23. The van der Waals surface area contributed by atoms with Crippen molar-refractivity contribution < 1.29 is 9.53 Å². The summed E-state index contributed by atoms with van der Waals surface area (Å²) in [7, 11) is 3.56. The van der Waals surface area contributed by atoms with Gasteiger partial charge in [-0.05, 0) is 37.1 Å². The van der Waals surface area contributed by atoms with E-state index in [2.05, 4.69) is 22.1 Å². The maximum Gasteiger partial charge on any atom is 0.234 e. The molecule has 0 saturated carbocycles. The predicted molar refractivity (Wildman–Crippen MR) is 95.5 cm³/mol. The molecule has 1 aromatic carbocycles. The summed E-state index contributed by atoms with van der Waals surface area (Å²) in [5.41, 5.74) is 1.95. The summed E-state index contributed by atoms with van der Waals surface area (Å²) >= 11 is 0. The Labute approximate surface area is 148 Å². The summed E-state index contributed by atoms with van der Waals surface area (Å²) in [6, 6.07) is 8.18. The van der Waals surface area contributed by atoms with Gasteiger partial charge in [0.25, 0.3) is 0 Å². The van der Waals surface area contributed by atoms with Gasteiger partial charge in [-0.3, -0.25) is 14.4 Å². The largest absolute Gasteiger partial charge is 0.497 e. The number of hydrogen-bond acceptors (Lipinski definition) is 4. The Kier molecular flexibility index (Phi) is 4.00. The van der Waals surface area contributed by atoms with Crippen molar-refractivity contribution in [1.82, 2.24) is 14.7 Å². The van der Waals surface area contributed by atoms with Crippen LogP contribution in [0.4, 0.5) is 5.69 Å². The molecule has 132 valence electrons. The van der Waals surface area contributed by atoms with Crippen LogP contribution in [0.5, 0.6) is 5.75 Å². The molecule has 6 nitrogen and oxygen atoms in total. The second-order valence-electron chi connectivity index (χ2n) is 7.17. The van der Waals surface area contributed by atoms with Crippen LogP contribution in [0.1, 0.15) is 18.4 Å². The van der Waals surface area contributed by atoms with Crippen molar-refractivity contribution in [2.45, 2.75) is 19.4 Å². The van der Waals surface area contributed by atoms with E-state index in [4.69, 9.17) is 4.74 Å². The predicted octanol–water partition coefficient (Wildman–Crippen LogP) is 2.06. The van der Waals surface area contributed by atoms with Crippen LogP contribution in [0.15, 0.2) is 36.7 Å². The van der Waals surface area contributed by atoms with E-state index in [9.17, 15) is 4.79 Å². The maximum atomic E-state index is 13.1. The lowest BCUT2D eigenvalue weighted by atomic mass is 9.85. The minimum Gasteiger partial charge on any atom is -0.497 e. The van der Waals surface area contributed by atoms with Crippen LogP contribution in [0.2, 0.25) is 0 Å². The molecule has 1 amide bonds. The van der Waals surface area contributed by atoms with Crippen molar-refractivity contribution >= 4 is 11.6 Å². The minimum absolute atomic E-state index is 0.220. The van der Waals surface area contributed by atoms with Crippen molar-refractivity contribution in [2.75, 3.05) is 31.6 Å². The van der Waals surface area contributed by atoms with Crippen LogP contribution in [0, 0.1) is 5.41 Å². The van der Waals surface area contributed by atoms with Crippen molar-refractivity contribution in [3.63, 3.8) is 0 Å². The van der Waals surface area contributed by atoms with Crippen molar-refractivity contribution in [3.8, 4) is 5.75 Å². The topological polar surface area (TPSA) is 50.6 Å². The van der Waals surface area contributed by atoms with E-state index in [1.807, 2.05) is 30.3 Å². The van der Waals surface area contributed by atoms with E-state index in [0.29, 0.717) is 0 Å². The summed E-state index contributed by atoms with van der Waals surface area (Å²) in [6.07, 6.45) is 5.57. The number of aromatic nitrogens is 2. The third-order valence-corrected chi connectivity index (χ3v) is 5.51. The van der Waals surface area contributed by atoms with Gasteiger partial charge in [-0.2, -0.15) is 5.10 Å². The van der Waals surface area contributed by atoms with E-state index in [0.717, 1.165) is 50.5 Å². The van der Waals surface area contributed by atoms with Crippen molar-refractivity contribution in [3.05, 3.63) is 42.2 Å². The van der Waals surface area contributed by atoms with Crippen LogP contribution in [0.3, 0.4) is 0 Å². The summed E-state index contributed by atoms with van der Waals surface area (Å²) in [4.78, 5) is 17.4. The number of ether oxygens (including phenoxy) is 1. The van der Waals surface area contributed by atoms with Crippen LogP contribution >= 0.6 is 0 Å². The first-order valence-electron chi connectivity index (χ1n) is 8.76. The molecule has 0 N–H and O–H groups in total. The van der Waals surface area contributed by atoms with Gasteiger partial charge >= 0.3 is 0 Å². The highest BCUT2D eigenvalue weighted by molar-refractivity contribution is 6.00. The molecular formula is C19H24N4O2. The zero-order chi connectivity index (χ0) is 17.4. The van der Waals surface area contributed by atoms with Gasteiger partial charge in [0.05, 0.1) is 24.4 Å². The number of methoxy groups -OCH3 is 1. The van der Waals surface area contributed by atoms with E-state index in [-0.39, 0.29) is 11.3 Å². The normalized spacial score (nSPS) is 23.8. The molecule has 4 rings (SSSR count). The molecule has 3 heterocycles. The Hall–Kier alpha value is -2.34. The van der Waals surface area contributed by atoms with Crippen molar-refractivity contribution in [1.29, 1.82) is 0 Å². The molecular weight excluding hydrogens is 316 g/mol. The highest BCUT2D eigenvalue weighted by Crippen LogP contribution is 2.42. The van der Waals surface area contributed by atoms with E-state index in [1.54, 1.807) is 18.0 Å². The Bertz CT molecular complexity index is 770. The average molecular weight is 340 g/mol. The number of benzene rings is 1.